The first-order valence-corrected chi connectivity index (χ1v) is 6.51. The fourth-order valence-electron chi connectivity index (χ4n) is 1.93. The summed E-state index contributed by atoms with van der Waals surface area (Å²) in [4.78, 5) is 3.94. The second-order valence-corrected chi connectivity index (χ2v) is 4.38. The summed E-state index contributed by atoms with van der Waals surface area (Å²) in [5.41, 5.74) is 4.66. The highest BCUT2D eigenvalue weighted by atomic mass is 32.1. The molecule has 0 radical (unpaired) electrons. The molecule has 1 nitrogen and oxygen atoms in total. The van der Waals surface area contributed by atoms with E-state index >= 15 is 0 Å². The zero-order chi connectivity index (χ0) is 12.8. The SMILES string of the molecule is CCCc1ccc(-c2ccc(N=C=S)cc2)cc1. The molecule has 0 aromatic heterocycles. The summed E-state index contributed by atoms with van der Waals surface area (Å²) in [7, 11) is 0. The molecule has 0 amide bonds. The van der Waals surface area contributed by atoms with Gasteiger partial charge in [0.1, 0.15) is 0 Å². The number of nitrogens with zero attached hydrogens (tertiary/aromatic N) is 1. The van der Waals surface area contributed by atoms with Gasteiger partial charge in [-0.05, 0) is 47.5 Å². The average molecular weight is 253 g/mol. The quantitative estimate of drug-likeness (QED) is 0.549. The van der Waals surface area contributed by atoms with Crippen LogP contribution in [0.5, 0.6) is 0 Å². The third kappa shape index (κ3) is 3.13. The molecule has 2 heteroatoms. The van der Waals surface area contributed by atoms with E-state index in [4.69, 9.17) is 0 Å². The van der Waals surface area contributed by atoms with Crippen LogP contribution in [0.2, 0.25) is 0 Å². The number of aryl methyl sites for hydroxylation is 1. The maximum atomic E-state index is 4.58. The zero-order valence-corrected chi connectivity index (χ0v) is 11.2. The van der Waals surface area contributed by atoms with Crippen LogP contribution < -0.4 is 0 Å². The Balaban J connectivity index is 2.22. The van der Waals surface area contributed by atoms with Gasteiger partial charge in [0, 0.05) is 0 Å². The van der Waals surface area contributed by atoms with Crippen molar-refractivity contribution in [3.05, 3.63) is 54.1 Å². The van der Waals surface area contributed by atoms with Crippen LogP contribution in [-0.4, -0.2) is 5.16 Å². The van der Waals surface area contributed by atoms with Gasteiger partial charge in [-0.1, -0.05) is 49.7 Å². The normalized spacial score (nSPS) is 9.83. The van der Waals surface area contributed by atoms with E-state index in [1.165, 1.54) is 23.1 Å². The number of isothiocyanates is 1. The minimum absolute atomic E-state index is 0.844. The summed E-state index contributed by atoms with van der Waals surface area (Å²) in [6, 6.07) is 16.7. The highest BCUT2D eigenvalue weighted by molar-refractivity contribution is 7.78. The molecule has 2 rings (SSSR count). The van der Waals surface area contributed by atoms with E-state index in [-0.39, 0.29) is 0 Å². The minimum atomic E-state index is 0.844. The van der Waals surface area contributed by atoms with Crippen LogP contribution in [-0.2, 0) is 6.42 Å². The topological polar surface area (TPSA) is 12.4 Å². The second-order valence-electron chi connectivity index (χ2n) is 4.20. The maximum Gasteiger partial charge on any atom is 0.0739 e. The second kappa shape index (κ2) is 6.25. The summed E-state index contributed by atoms with van der Waals surface area (Å²) in [6.45, 7) is 2.20. The lowest BCUT2D eigenvalue weighted by Crippen LogP contribution is -1.83. The van der Waals surface area contributed by atoms with E-state index in [0.717, 1.165) is 12.1 Å². The van der Waals surface area contributed by atoms with Crippen molar-refractivity contribution in [3.8, 4) is 11.1 Å². The number of rotatable bonds is 4. The van der Waals surface area contributed by atoms with Gasteiger partial charge < -0.3 is 0 Å². The van der Waals surface area contributed by atoms with Crippen molar-refractivity contribution in [2.45, 2.75) is 19.8 Å². The Labute approximate surface area is 113 Å². The molecule has 0 heterocycles. The summed E-state index contributed by atoms with van der Waals surface area (Å²) in [5, 5.41) is 2.37. The third-order valence-corrected chi connectivity index (χ3v) is 2.96. The highest BCUT2D eigenvalue weighted by Gasteiger charge is 1.98. The number of hydrogen-bond acceptors (Lipinski definition) is 2. The lowest BCUT2D eigenvalue weighted by atomic mass is 10.0. The van der Waals surface area contributed by atoms with Crippen LogP contribution in [0.15, 0.2) is 53.5 Å². The first-order valence-electron chi connectivity index (χ1n) is 6.10. The van der Waals surface area contributed by atoms with Gasteiger partial charge in [-0.3, -0.25) is 0 Å². The Bertz CT molecular complexity index is 549. The molecule has 2 aromatic carbocycles. The lowest BCUT2D eigenvalue weighted by molar-refractivity contribution is 0.922. The number of benzene rings is 2. The first kappa shape index (κ1) is 12.7. The Kier molecular flexibility index (Phi) is 4.40. The monoisotopic (exact) mass is 253 g/mol. The van der Waals surface area contributed by atoms with Crippen molar-refractivity contribution >= 4 is 23.1 Å². The molecule has 0 aliphatic heterocycles. The molecule has 0 aliphatic rings. The van der Waals surface area contributed by atoms with Crippen molar-refractivity contribution in [2.24, 2.45) is 4.99 Å². The van der Waals surface area contributed by atoms with Crippen LogP contribution in [0.4, 0.5) is 5.69 Å². The van der Waals surface area contributed by atoms with Crippen molar-refractivity contribution in [1.82, 2.24) is 0 Å². The van der Waals surface area contributed by atoms with Gasteiger partial charge in [0.15, 0.2) is 0 Å². The predicted molar refractivity (Wildman–Crippen MR) is 80.6 cm³/mol. The van der Waals surface area contributed by atoms with Crippen molar-refractivity contribution in [1.29, 1.82) is 0 Å². The van der Waals surface area contributed by atoms with Crippen LogP contribution in [0.3, 0.4) is 0 Å². The van der Waals surface area contributed by atoms with Crippen LogP contribution in [0.1, 0.15) is 18.9 Å². The molecular weight excluding hydrogens is 238 g/mol. The van der Waals surface area contributed by atoms with E-state index in [1.54, 1.807) is 0 Å². The highest BCUT2D eigenvalue weighted by Crippen LogP contribution is 2.23. The molecule has 0 saturated carbocycles. The molecule has 0 aliphatic carbocycles. The fourth-order valence-corrected chi connectivity index (χ4v) is 2.04. The lowest BCUT2D eigenvalue weighted by Gasteiger charge is -2.04. The van der Waals surface area contributed by atoms with Gasteiger partial charge in [0.05, 0.1) is 10.8 Å². The van der Waals surface area contributed by atoms with Gasteiger partial charge in [0.25, 0.3) is 0 Å². The summed E-state index contributed by atoms with van der Waals surface area (Å²) >= 11 is 4.58. The molecule has 2 aromatic rings. The molecular formula is C16H15NS. The van der Waals surface area contributed by atoms with Crippen LogP contribution in [0.25, 0.3) is 11.1 Å². The number of hydrogen-bond donors (Lipinski definition) is 0. The molecule has 18 heavy (non-hydrogen) atoms. The molecule has 0 atom stereocenters. The first-order chi connectivity index (χ1) is 8.83. The molecule has 0 saturated heterocycles. The Morgan fingerprint density at radius 2 is 1.50 bits per heavy atom. The Hall–Kier alpha value is -1.76. The minimum Gasteiger partial charge on any atom is -0.195 e. The summed E-state index contributed by atoms with van der Waals surface area (Å²) in [5.74, 6) is 0. The Morgan fingerprint density at radius 3 is 2.00 bits per heavy atom. The van der Waals surface area contributed by atoms with Gasteiger partial charge >= 0.3 is 0 Å². The van der Waals surface area contributed by atoms with Crippen LogP contribution in [0, 0.1) is 0 Å². The number of thiocarbonyl (C=S) groups is 1. The molecule has 0 spiro atoms. The van der Waals surface area contributed by atoms with Gasteiger partial charge in [0.2, 0.25) is 0 Å². The van der Waals surface area contributed by atoms with E-state index in [2.05, 4.69) is 65.7 Å². The number of aliphatic imine (C=N–C) groups is 1. The molecule has 0 fully saturated rings. The molecule has 0 N–H and O–H groups in total. The third-order valence-electron chi connectivity index (χ3n) is 2.87. The molecule has 0 bridgehead atoms. The smallest absolute Gasteiger partial charge is 0.0739 e. The maximum absolute atomic E-state index is 4.58. The van der Waals surface area contributed by atoms with E-state index < -0.39 is 0 Å². The van der Waals surface area contributed by atoms with Crippen LogP contribution >= 0.6 is 12.2 Å². The largest absolute Gasteiger partial charge is 0.195 e. The van der Waals surface area contributed by atoms with Gasteiger partial charge in [-0.2, -0.15) is 4.99 Å². The average Bonchev–Trinajstić information content (AvgIpc) is 2.41. The van der Waals surface area contributed by atoms with Crippen molar-refractivity contribution in [2.75, 3.05) is 0 Å². The van der Waals surface area contributed by atoms with Gasteiger partial charge in [-0.15, -0.1) is 0 Å². The zero-order valence-electron chi connectivity index (χ0n) is 10.4. The summed E-state index contributed by atoms with van der Waals surface area (Å²) in [6.07, 6.45) is 2.33. The summed E-state index contributed by atoms with van der Waals surface area (Å²) < 4.78 is 0. The van der Waals surface area contributed by atoms with E-state index in [9.17, 15) is 0 Å². The van der Waals surface area contributed by atoms with E-state index in [1.807, 2.05) is 12.1 Å². The molecule has 0 unspecified atom stereocenters. The predicted octanol–water partition coefficient (Wildman–Crippen LogP) is 5.04. The van der Waals surface area contributed by atoms with Crippen molar-refractivity contribution < 1.29 is 0 Å². The van der Waals surface area contributed by atoms with E-state index in [0.29, 0.717) is 0 Å². The standard InChI is InChI=1S/C16H15NS/c1-2-3-13-4-6-14(7-5-13)15-8-10-16(11-9-15)17-12-18/h4-11H,2-3H2,1H3. The van der Waals surface area contributed by atoms with Crippen molar-refractivity contribution in [3.63, 3.8) is 0 Å². The Morgan fingerprint density at radius 1 is 0.944 bits per heavy atom. The molecule has 90 valence electrons. The fraction of sp³-hybridized carbons (Fsp3) is 0.188. The van der Waals surface area contributed by atoms with Gasteiger partial charge in [-0.25, -0.2) is 0 Å².